The number of halogens is 3. The van der Waals surface area contributed by atoms with Crippen molar-refractivity contribution in [3.05, 3.63) is 101 Å². The number of alkyl halides is 3. The van der Waals surface area contributed by atoms with E-state index in [9.17, 15) is 18.0 Å². The topological polar surface area (TPSA) is 79.7 Å². The van der Waals surface area contributed by atoms with Crippen molar-refractivity contribution in [1.29, 1.82) is 0 Å². The highest BCUT2D eigenvalue weighted by atomic mass is 19.4. The third kappa shape index (κ3) is 5.35. The first-order chi connectivity index (χ1) is 19.8. The van der Waals surface area contributed by atoms with E-state index in [0.717, 1.165) is 47.1 Å². The van der Waals surface area contributed by atoms with E-state index >= 15 is 0 Å². The number of hydrogen-bond acceptors (Lipinski definition) is 5. The molecule has 10 heteroatoms. The molecule has 6 rings (SSSR count). The van der Waals surface area contributed by atoms with Crippen LogP contribution in [0.2, 0.25) is 0 Å². The van der Waals surface area contributed by atoms with Crippen molar-refractivity contribution in [3.63, 3.8) is 0 Å². The molecule has 2 aliphatic heterocycles. The molecule has 1 amide bonds. The highest BCUT2D eigenvalue weighted by Crippen LogP contribution is 2.36. The molecule has 0 bridgehead atoms. The molecule has 0 saturated carbocycles. The van der Waals surface area contributed by atoms with Crippen LogP contribution in [0.1, 0.15) is 45.7 Å². The first kappa shape index (κ1) is 26.8. The number of nitrogens with two attached hydrogens (primary N) is 1. The average molecular weight is 559 g/mol. The minimum atomic E-state index is -4.71. The first-order valence-electron chi connectivity index (χ1n) is 13.6. The third-order valence-electron chi connectivity index (χ3n) is 7.70. The summed E-state index contributed by atoms with van der Waals surface area (Å²) >= 11 is 0. The number of likely N-dealkylation sites (tertiary alicyclic amines) is 1. The summed E-state index contributed by atoms with van der Waals surface area (Å²) in [7, 11) is 0. The second-order valence-electron chi connectivity index (χ2n) is 10.4. The van der Waals surface area contributed by atoms with E-state index in [4.69, 9.17) is 5.84 Å². The van der Waals surface area contributed by atoms with Gasteiger partial charge >= 0.3 is 6.18 Å². The van der Waals surface area contributed by atoms with Crippen LogP contribution in [0, 0.1) is 0 Å². The number of hydrazone groups is 1. The van der Waals surface area contributed by atoms with E-state index in [2.05, 4.69) is 39.4 Å². The second kappa shape index (κ2) is 10.9. The molecule has 1 fully saturated rings. The molecule has 0 atom stereocenters. The van der Waals surface area contributed by atoms with Gasteiger partial charge in [0.2, 0.25) is 0 Å². The summed E-state index contributed by atoms with van der Waals surface area (Å²) < 4.78 is 42.1. The standard InChI is InChI=1S/C31H29F3N6O/c32-31(33,34)29-18-28(40(37-29)25-8-5-6-21(16-25)19-36-35)30(41)39-15-12-23-17-22(10-11-27(23)39)26-9-2-1-7-24(26)20-38-13-3-4-14-38/h1-2,5-11,16-19H,3-4,12-15,20,35H2. The molecule has 3 heterocycles. The van der Waals surface area contributed by atoms with Gasteiger partial charge in [0.25, 0.3) is 5.91 Å². The van der Waals surface area contributed by atoms with Crippen molar-refractivity contribution < 1.29 is 18.0 Å². The minimum Gasteiger partial charge on any atom is -0.323 e. The summed E-state index contributed by atoms with van der Waals surface area (Å²) in [5.74, 6) is 4.69. The van der Waals surface area contributed by atoms with Crippen LogP contribution in [-0.4, -0.2) is 46.4 Å². The molecular weight excluding hydrogens is 529 g/mol. The number of amides is 1. The lowest BCUT2D eigenvalue weighted by atomic mass is 9.97. The maximum atomic E-state index is 13.8. The molecule has 0 unspecified atom stereocenters. The number of carbonyl (C=O) groups is 1. The van der Waals surface area contributed by atoms with E-state index in [1.54, 1.807) is 24.3 Å². The molecule has 210 valence electrons. The van der Waals surface area contributed by atoms with Crippen molar-refractivity contribution in [2.24, 2.45) is 10.9 Å². The maximum Gasteiger partial charge on any atom is 0.435 e. The zero-order valence-electron chi connectivity index (χ0n) is 22.3. The molecule has 7 nitrogen and oxygen atoms in total. The van der Waals surface area contributed by atoms with Crippen LogP contribution in [0.4, 0.5) is 18.9 Å². The molecule has 2 aliphatic rings. The Hall–Kier alpha value is -4.44. The van der Waals surface area contributed by atoms with E-state index in [1.165, 1.54) is 29.5 Å². The fraction of sp³-hybridized carbons (Fsp3) is 0.258. The minimum absolute atomic E-state index is 0.174. The predicted molar refractivity (Wildman–Crippen MR) is 152 cm³/mol. The summed E-state index contributed by atoms with van der Waals surface area (Å²) in [6, 6.07) is 21.7. The lowest BCUT2D eigenvalue weighted by molar-refractivity contribution is -0.141. The Kier molecular flexibility index (Phi) is 7.08. The Bertz CT molecular complexity index is 1620. The highest BCUT2D eigenvalue weighted by Gasteiger charge is 2.38. The Morgan fingerprint density at radius 3 is 2.56 bits per heavy atom. The van der Waals surface area contributed by atoms with Gasteiger partial charge in [-0.05, 0) is 84.4 Å². The molecule has 2 N–H and O–H groups in total. The predicted octanol–water partition coefficient (Wildman–Crippen LogP) is 5.65. The van der Waals surface area contributed by atoms with E-state index in [-0.39, 0.29) is 5.69 Å². The fourth-order valence-corrected chi connectivity index (χ4v) is 5.73. The van der Waals surface area contributed by atoms with E-state index in [0.29, 0.717) is 29.9 Å². The molecule has 4 aromatic rings. The average Bonchev–Trinajstić information content (AvgIpc) is 3.73. The van der Waals surface area contributed by atoms with Gasteiger partial charge < -0.3 is 10.7 Å². The summed E-state index contributed by atoms with van der Waals surface area (Å²) in [6.45, 7) is 3.46. The monoisotopic (exact) mass is 558 g/mol. The second-order valence-corrected chi connectivity index (χ2v) is 10.4. The van der Waals surface area contributed by atoms with Crippen molar-refractivity contribution in [1.82, 2.24) is 14.7 Å². The summed E-state index contributed by atoms with van der Waals surface area (Å²) in [5.41, 5.74) is 4.70. The summed E-state index contributed by atoms with van der Waals surface area (Å²) in [6.07, 6.45) is -0.289. The van der Waals surface area contributed by atoms with Crippen molar-refractivity contribution in [2.75, 3.05) is 24.5 Å². The van der Waals surface area contributed by atoms with Gasteiger partial charge in [0.05, 0.1) is 11.9 Å². The summed E-state index contributed by atoms with van der Waals surface area (Å²) in [5, 5.41) is 7.25. The molecule has 0 radical (unpaired) electrons. The smallest absolute Gasteiger partial charge is 0.323 e. The number of aromatic nitrogens is 2. The van der Waals surface area contributed by atoms with Crippen LogP contribution in [-0.2, 0) is 19.1 Å². The van der Waals surface area contributed by atoms with Crippen LogP contribution in [0.25, 0.3) is 16.8 Å². The van der Waals surface area contributed by atoms with Crippen LogP contribution in [0.3, 0.4) is 0 Å². The zero-order valence-corrected chi connectivity index (χ0v) is 22.3. The highest BCUT2D eigenvalue weighted by molar-refractivity contribution is 6.07. The Balaban J connectivity index is 1.33. The molecular formula is C31H29F3N6O. The number of nitrogens with zero attached hydrogens (tertiary/aromatic N) is 5. The van der Waals surface area contributed by atoms with Crippen molar-refractivity contribution in [3.8, 4) is 16.8 Å². The third-order valence-corrected chi connectivity index (χ3v) is 7.70. The number of anilines is 1. The molecule has 0 spiro atoms. The van der Waals surface area contributed by atoms with Crippen molar-refractivity contribution >= 4 is 17.8 Å². The van der Waals surface area contributed by atoms with Gasteiger partial charge in [-0.3, -0.25) is 9.69 Å². The van der Waals surface area contributed by atoms with Crippen LogP contribution in [0.5, 0.6) is 0 Å². The Morgan fingerprint density at radius 2 is 1.78 bits per heavy atom. The van der Waals surface area contributed by atoms with Gasteiger partial charge in [-0.1, -0.05) is 42.5 Å². The Labute approximate surface area is 235 Å². The van der Waals surface area contributed by atoms with Gasteiger partial charge in [-0.2, -0.15) is 23.4 Å². The number of rotatable bonds is 6. The van der Waals surface area contributed by atoms with Gasteiger partial charge in [0.1, 0.15) is 5.69 Å². The van der Waals surface area contributed by atoms with Crippen LogP contribution in [0.15, 0.2) is 77.9 Å². The van der Waals surface area contributed by atoms with Gasteiger partial charge in [-0.25, -0.2) is 4.68 Å². The lowest BCUT2D eigenvalue weighted by Gasteiger charge is -2.20. The summed E-state index contributed by atoms with van der Waals surface area (Å²) in [4.78, 5) is 17.8. The number of carbonyl (C=O) groups excluding carboxylic acids is 1. The largest absolute Gasteiger partial charge is 0.435 e. The quantitative estimate of drug-likeness (QED) is 0.189. The first-order valence-corrected chi connectivity index (χ1v) is 13.6. The Morgan fingerprint density at radius 1 is 0.976 bits per heavy atom. The van der Waals surface area contributed by atoms with Crippen molar-refractivity contribution in [2.45, 2.75) is 32.0 Å². The number of fused-ring (bicyclic) bond motifs is 1. The van der Waals surface area contributed by atoms with Gasteiger partial charge in [0, 0.05) is 24.8 Å². The molecule has 41 heavy (non-hydrogen) atoms. The maximum absolute atomic E-state index is 13.8. The van der Waals surface area contributed by atoms with Gasteiger partial charge in [-0.15, -0.1) is 0 Å². The van der Waals surface area contributed by atoms with Crippen LogP contribution >= 0.6 is 0 Å². The molecule has 1 aromatic heterocycles. The number of benzene rings is 3. The molecule has 1 saturated heterocycles. The van der Waals surface area contributed by atoms with E-state index in [1.807, 2.05) is 18.2 Å². The normalized spacial score (nSPS) is 15.6. The van der Waals surface area contributed by atoms with E-state index < -0.39 is 17.8 Å². The zero-order chi connectivity index (χ0) is 28.6. The SMILES string of the molecule is NN=Cc1cccc(-n2nc(C(F)(F)F)cc2C(=O)N2CCc3cc(-c4ccccc4CN4CCCC4)ccc32)c1. The molecule has 0 aliphatic carbocycles. The molecule has 3 aromatic carbocycles. The lowest BCUT2D eigenvalue weighted by Crippen LogP contribution is -2.30. The number of hydrogen-bond donors (Lipinski definition) is 1. The van der Waals surface area contributed by atoms with Crippen LogP contribution < -0.4 is 10.7 Å². The van der Waals surface area contributed by atoms with Gasteiger partial charge in [0.15, 0.2) is 5.69 Å². The fourth-order valence-electron chi connectivity index (χ4n) is 5.73.